The Labute approximate surface area is 102 Å². The molecule has 0 aromatic rings. The van der Waals surface area contributed by atoms with Gasteiger partial charge in [-0.05, 0) is 38.5 Å². The van der Waals surface area contributed by atoms with Crippen LogP contribution in [0.5, 0.6) is 0 Å². The molecule has 2 bridgehead atoms. The van der Waals surface area contributed by atoms with Crippen molar-refractivity contribution in [1.82, 2.24) is 0 Å². The molecule has 3 heteroatoms. The smallest absolute Gasteiger partial charge is 0.333 e. The maximum absolute atomic E-state index is 11.7. The van der Waals surface area contributed by atoms with E-state index >= 15 is 0 Å². The summed E-state index contributed by atoms with van der Waals surface area (Å²) in [5.74, 6) is 0.220. The molecule has 0 aromatic heterocycles. The molecule has 0 saturated heterocycles. The lowest BCUT2D eigenvalue weighted by atomic mass is 9.74. The first kappa shape index (κ1) is 11.3. The van der Waals surface area contributed by atoms with E-state index in [9.17, 15) is 9.90 Å². The lowest BCUT2D eigenvalue weighted by Gasteiger charge is -2.38. The Balaban J connectivity index is 1.84. The molecular weight excluding hydrogens is 216 g/mol. The molecule has 0 heterocycles. The predicted octanol–water partition coefficient (Wildman–Crippen LogP) is 2.19. The minimum atomic E-state index is -0.548. The Morgan fingerprint density at radius 1 is 1.35 bits per heavy atom. The van der Waals surface area contributed by atoms with E-state index in [0.717, 1.165) is 25.7 Å². The number of fused-ring (bicyclic) bond motifs is 1. The number of carbonyl (C=O) groups excluding carboxylic acids is 1. The molecule has 94 valence electrons. The number of hydrogen-bond acceptors (Lipinski definition) is 3. The van der Waals surface area contributed by atoms with Gasteiger partial charge in [-0.1, -0.05) is 13.5 Å². The van der Waals surface area contributed by atoms with Gasteiger partial charge >= 0.3 is 5.97 Å². The number of esters is 1. The van der Waals surface area contributed by atoms with Crippen LogP contribution in [-0.2, 0) is 9.53 Å². The highest BCUT2D eigenvalue weighted by Crippen LogP contribution is 2.76. The van der Waals surface area contributed by atoms with Gasteiger partial charge < -0.3 is 9.84 Å². The fourth-order valence-corrected chi connectivity index (χ4v) is 4.46. The predicted molar refractivity (Wildman–Crippen MR) is 63.3 cm³/mol. The van der Waals surface area contributed by atoms with Crippen molar-refractivity contribution < 1.29 is 14.6 Å². The van der Waals surface area contributed by atoms with Gasteiger partial charge in [-0.3, -0.25) is 0 Å². The van der Waals surface area contributed by atoms with Crippen molar-refractivity contribution in [2.75, 3.05) is 0 Å². The van der Waals surface area contributed by atoms with Crippen LogP contribution in [0.25, 0.3) is 0 Å². The molecule has 3 saturated carbocycles. The van der Waals surface area contributed by atoms with Gasteiger partial charge in [-0.15, -0.1) is 0 Å². The zero-order valence-corrected chi connectivity index (χ0v) is 10.6. The van der Waals surface area contributed by atoms with Crippen LogP contribution >= 0.6 is 0 Å². The van der Waals surface area contributed by atoms with Crippen molar-refractivity contribution in [3.63, 3.8) is 0 Å². The lowest BCUT2D eigenvalue weighted by molar-refractivity contribution is -0.160. The summed E-state index contributed by atoms with van der Waals surface area (Å²) in [6.45, 7) is 7.49. The highest BCUT2D eigenvalue weighted by atomic mass is 16.6. The third kappa shape index (κ3) is 1.41. The van der Waals surface area contributed by atoms with Gasteiger partial charge in [0.05, 0.1) is 5.60 Å². The molecule has 3 aliphatic rings. The van der Waals surface area contributed by atoms with Crippen molar-refractivity contribution in [2.24, 2.45) is 11.3 Å². The van der Waals surface area contributed by atoms with Crippen LogP contribution in [0.2, 0.25) is 0 Å². The first-order valence-corrected chi connectivity index (χ1v) is 6.41. The molecule has 1 N–H and O–H groups in total. The quantitative estimate of drug-likeness (QED) is 0.590. The molecule has 1 spiro atoms. The molecule has 3 aliphatic carbocycles. The molecule has 3 nitrogen and oxygen atoms in total. The van der Waals surface area contributed by atoms with Crippen LogP contribution < -0.4 is 0 Å². The molecule has 0 amide bonds. The molecule has 17 heavy (non-hydrogen) atoms. The van der Waals surface area contributed by atoms with E-state index in [1.807, 2.05) is 0 Å². The molecule has 0 radical (unpaired) electrons. The number of ether oxygens (including phenoxy) is 1. The van der Waals surface area contributed by atoms with Crippen molar-refractivity contribution in [3.8, 4) is 0 Å². The zero-order chi connectivity index (χ0) is 12.5. The fourth-order valence-electron chi connectivity index (χ4n) is 4.46. The van der Waals surface area contributed by atoms with Crippen LogP contribution in [0, 0.1) is 11.3 Å². The standard InChI is InChI=1S/C14H20O3/c1-9(2)11(15)17-13-5-10(3)4-12(6-13)7-14(12,16)8-13/h10,16H,1,4-8H2,2-3H3. The number of carbonyl (C=O) groups is 1. The maximum atomic E-state index is 11.7. The second-order valence-electron chi connectivity index (χ2n) is 6.71. The van der Waals surface area contributed by atoms with Crippen molar-refractivity contribution in [1.29, 1.82) is 0 Å². The third-order valence-corrected chi connectivity index (χ3v) is 4.89. The van der Waals surface area contributed by atoms with Gasteiger partial charge in [0.25, 0.3) is 0 Å². The first-order valence-electron chi connectivity index (χ1n) is 6.41. The van der Waals surface area contributed by atoms with Gasteiger partial charge in [0.15, 0.2) is 0 Å². The van der Waals surface area contributed by atoms with E-state index in [4.69, 9.17) is 4.74 Å². The highest BCUT2D eigenvalue weighted by Gasteiger charge is 2.78. The summed E-state index contributed by atoms with van der Waals surface area (Å²) in [6.07, 6.45) is 4.34. The summed E-state index contributed by atoms with van der Waals surface area (Å²) < 4.78 is 5.66. The second kappa shape index (κ2) is 2.94. The van der Waals surface area contributed by atoms with Gasteiger partial charge in [0.2, 0.25) is 0 Å². The Hall–Kier alpha value is -0.830. The molecule has 0 aromatic carbocycles. The summed E-state index contributed by atoms with van der Waals surface area (Å²) in [5, 5.41) is 10.5. The summed E-state index contributed by atoms with van der Waals surface area (Å²) in [4.78, 5) is 11.7. The minimum Gasteiger partial charge on any atom is -0.456 e. The number of rotatable bonds is 2. The average molecular weight is 236 g/mol. The lowest BCUT2D eigenvalue weighted by Crippen LogP contribution is -2.40. The molecule has 4 atom stereocenters. The van der Waals surface area contributed by atoms with Crippen LogP contribution in [-0.4, -0.2) is 22.3 Å². The van der Waals surface area contributed by atoms with Crippen molar-refractivity contribution in [2.45, 2.75) is 57.2 Å². The van der Waals surface area contributed by atoms with Gasteiger partial charge in [-0.2, -0.15) is 0 Å². The number of aliphatic hydroxyl groups is 1. The Kier molecular flexibility index (Phi) is 1.95. The van der Waals surface area contributed by atoms with Crippen LogP contribution in [0.3, 0.4) is 0 Å². The number of hydrogen-bond donors (Lipinski definition) is 1. The van der Waals surface area contributed by atoms with E-state index in [2.05, 4.69) is 13.5 Å². The Morgan fingerprint density at radius 3 is 2.71 bits per heavy atom. The molecular formula is C14H20O3. The topological polar surface area (TPSA) is 46.5 Å². The fraction of sp³-hybridized carbons (Fsp3) is 0.786. The summed E-state index contributed by atoms with van der Waals surface area (Å²) in [6, 6.07) is 0. The van der Waals surface area contributed by atoms with Gasteiger partial charge in [0, 0.05) is 17.4 Å². The van der Waals surface area contributed by atoms with Crippen molar-refractivity contribution >= 4 is 5.97 Å². The normalized spacial score (nSPS) is 50.6. The summed E-state index contributed by atoms with van der Waals surface area (Å²) >= 11 is 0. The van der Waals surface area contributed by atoms with E-state index in [0.29, 0.717) is 17.9 Å². The molecule has 0 aliphatic heterocycles. The summed E-state index contributed by atoms with van der Waals surface area (Å²) in [5.41, 5.74) is -0.465. The van der Waals surface area contributed by atoms with E-state index in [-0.39, 0.29) is 11.4 Å². The van der Waals surface area contributed by atoms with Crippen LogP contribution in [0.1, 0.15) is 46.0 Å². The van der Waals surface area contributed by atoms with E-state index in [1.165, 1.54) is 0 Å². The van der Waals surface area contributed by atoms with Gasteiger partial charge in [-0.25, -0.2) is 4.79 Å². The molecule has 3 rings (SSSR count). The monoisotopic (exact) mass is 236 g/mol. The summed E-state index contributed by atoms with van der Waals surface area (Å²) in [7, 11) is 0. The molecule has 4 unspecified atom stereocenters. The zero-order valence-electron chi connectivity index (χ0n) is 10.6. The van der Waals surface area contributed by atoms with E-state index in [1.54, 1.807) is 6.92 Å². The van der Waals surface area contributed by atoms with E-state index < -0.39 is 11.2 Å². The van der Waals surface area contributed by atoms with Gasteiger partial charge in [0.1, 0.15) is 5.60 Å². The maximum Gasteiger partial charge on any atom is 0.333 e. The van der Waals surface area contributed by atoms with Crippen LogP contribution in [0.4, 0.5) is 0 Å². The van der Waals surface area contributed by atoms with Crippen molar-refractivity contribution in [3.05, 3.63) is 12.2 Å². The molecule has 3 fully saturated rings. The Morgan fingerprint density at radius 2 is 2.06 bits per heavy atom. The average Bonchev–Trinajstić information content (AvgIpc) is 2.58. The third-order valence-electron chi connectivity index (χ3n) is 4.89. The second-order valence-corrected chi connectivity index (χ2v) is 6.71. The SMILES string of the molecule is C=C(C)C(=O)OC12CC(C)CC3(C1)CC3(O)C2. The highest BCUT2D eigenvalue weighted by molar-refractivity contribution is 5.87. The van der Waals surface area contributed by atoms with Crippen LogP contribution in [0.15, 0.2) is 12.2 Å². The largest absolute Gasteiger partial charge is 0.456 e. The minimum absolute atomic E-state index is 0.0556. The first-order chi connectivity index (χ1) is 7.80. The Bertz CT molecular complexity index is 412.